The summed E-state index contributed by atoms with van der Waals surface area (Å²) in [5, 5.41) is 13.8. The number of aliphatic carboxylic acids is 1. The summed E-state index contributed by atoms with van der Waals surface area (Å²) in [4.78, 5) is 22.0. The standard InChI is InChI=1S/C13H26N2O5S/c1-3-4-11(5-6-12(16)17)7-8-14-13(18)15-9-10-21(2,19)20/h11H,3-10H2,1-2H3,(H,16,17)(H2,14,15,18). The lowest BCUT2D eigenvalue weighted by molar-refractivity contribution is -0.137. The van der Waals surface area contributed by atoms with E-state index in [4.69, 9.17) is 5.11 Å². The van der Waals surface area contributed by atoms with Crippen molar-refractivity contribution in [1.29, 1.82) is 0 Å². The summed E-state index contributed by atoms with van der Waals surface area (Å²) >= 11 is 0. The van der Waals surface area contributed by atoms with Crippen molar-refractivity contribution < 1.29 is 23.1 Å². The molecular weight excluding hydrogens is 296 g/mol. The van der Waals surface area contributed by atoms with Crippen molar-refractivity contribution in [2.75, 3.05) is 25.1 Å². The van der Waals surface area contributed by atoms with E-state index in [0.29, 0.717) is 13.0 Å². The van der Waals surface area contributed by atoms with Crippen molar-refractivity contribution in [2.24, 2.45) is 5.92 Å². The van der Waals surface area contributed by atoms with Crippen molar-refractivity contribution in [2.45, 2.75) is 39.0 Å². The van der Waals surface area contributed by atoms with Crippen LogP contribution in [0.1, 0.15) is 39.0 Å². The van der Waals surface area contributed by atoms with Crippen molar-refractivity contribution >= 4 is 21.8 Å². The lowest BCUT2D eigenvalue weighted by Gasteiger charge is -2.15. The van der Waals surface area contributed by atoms with Crippen LogP contribution in [-0.4, -0.2) is 50.6 Å². The third-order valence-electron chi connectivity index (χ3n) is 3.06. The van der Waals surface area contributed by atoms with Crippen LogP contribution in [0.25, 0.3) is 0 Å². The zero-order valence-electron chi connectivity index (χ0n) is 12.7. The van der Waals surface area contributed by atoms with Crippen molar-refractivity contribution in [3.63, 3.8) is 0 Å². The van der Waals surface area contributed by atoms with E-state index in [-0.39, 0.29) is 24.6 Å². The molecule has 7 nitrogen and oxygen atoms in total. The van der Waals surface area contributed by atoms with E-state index < -0.39 is 21.8 Å². The monoisotopic (exact) mass is 322 g/mol. The summed E-state index contributed by atoms with van der Waals surface area (Å²) in [7, 11) is -3.07. The lowest BCUT2D eigenvalue weighted by atomic mass is 9.94. The minimum atomic E-state index is -3.07. The highest BCUT2D eigenvalue weighted by Gasteiger charge is 2.11. The second-order valence-electron chi connectivity index (χ2n) is 5.19. The van der Waals surface area contributed by atoms with E-state index in [9.17, 15) is 18.0 Å². The molecule has 0 rings (SSSR count). The number of urea groups is 1. The van der Waals surface area contributed by atoms with Gasteiger partial charge in [-0.1, -0.05) is 19.8 Å². The average Bonchev–Trinajstić information content (AvgIpc) is 2.34. The van der Waals surface area contributed by atoms with Gasteiger partial charge >= 0.3 is 12.0 Å². The Morgan fingerprint density at radius 3 is 2.24 bits per heavy atom. The van der Waals surface area contributed by atoms with Crippen LogP contribution >= 0.6 is 0 Å². The van der Waals surface area contributed by atoms with E-state index in [1.54, 1.807) is 0 Å². The minimum absolute atomic E-state index is 0.0854. The summed E-state index contributed by atoms with van der Waals surface area (Å²) in [5.41, 5.74) is 0. The van der Waals surface area contributed by atoms with Gasteiger partial charge in [-0.05, 0) is 18.8 Å². The quantitative estimate of drug-likeness (QED) is 0.525. The third-order valence-corrected chi connectivity index (χ3v) is 4.01. The van der Waals surface area contributed by atoms with Crippen molar-refractivity contribution in [3.05, 3.63) is 0 Å². The van der Waals surface area contributed by atoms with Crippen LogP contribution < -0.4 is 10.6 Å². The first kappa shape index (κ1) is 19.7. The molecule has 21 heavy (non-hydrogen) atoms. The number of sulfone groups is 1. The molecule has 0 spiro atoms. The predicted molar refractivity (Wildman–Crippen MR) is 81.0 cm³/mol. The molecule has 0 bridgehead atoms. The summed E-state index contributed by atoms with van der Waals surface area (Å²) in [6.07, 6.45) is 4.51. The first-order valence-electron chi connectivity index (χ1n) is 7.15. The first-order valence-corrected chi connectivity index (χ1v) is 9.22. The van der Waals surface area contributed by atoms with Crippen LogP contribution in [0, 0.1) is 5.92 Å². The van der Waals surface area contributed by atoms with Gasteiger partial charge in [0.1, 0.15) is 9.84 Å². The van der Waals surface area contributed by atoms with E-state index in [0.717, 1.165) is 25.5 Å². The highest BCUT2D eigenvalue weighted by Crippen LogP contribution is 2.16. The largest absolute Gasteiger partial charge is 0.481 e. The maximum Gasteiger partial charge on any atom is 0.314 e. The number of hydrogen-bond donors (Lipinski definition) is 3. The van der Waals surface area contributed by atoms with Crippen LogP contribution in [0.15, 0.2) is 0 Å². The molecule has 124 valence electrons. The van der Waals surface area contributed by atoms with Gasteiger partial charge in [-0.15, -0.1) is 0 Å². The van der Waals surface area contributed by atoms with E-state index in [1.807, 2.05) is 6.92 Å². The zero-order chi connectivity index (χ0) is 16.3. The lowest BCUT2D eigenvalue weighted by Crippen LogP contribution is -2.38. The third kappa shape index (κ3) is 13.4. The normalized spacial score (nSPS) is 12.7. The summed E-state index contributed by atoms with van der Waals surface area (Å²) in [6.45, 7) is 2.58. The smallest absolute Gasteiger partial charge is 0.314 e. The molecule has 8 heteroatoms. The summed E-state index contributed by atoms with van der Waals surface area (Å²) in [6, 6.07) is -0.396. The van der Waals surface area contributed by atoms with Gasteiger partial charge in [0, 0.05) is 25.8 Å². The molecule has 0 aromatic rings. The Morgan fingerprint density at radius 2 is 1.71 bits per heavy atom. The fourth-order valence-electron chi connectivity index (χ4n) is 1.97. The minimum Gasteiger partial charge on any atom is -0.481 e. The fourth-order valence-corrected chi connectivity index (χ4v) is 2.44. The highest BCUT2D eigenvalue weighted by molar-refractivity contribution is 7.90. The summed E-state index contributed by atoms with van der Waals surface area (Å²) < 4.78 is 21.8. The van der Waals surface area contributed by atoms with Crippen LogP contribution in [-0.2, 0) is 14.6 Å². The molecule has 1 atom stereocenters. The molecule has 0 aromatic carbocycles. The van der Waals surface area contributed by atoms with Crippen LogP contribution in [0.5, 0.6) is 0 Å². The second-order valence-corrected chi connectivity index (χ2v) is 7.45. The zero-order valence-corrected chi connectivity index (χ0v) is 13.5. The van der Waals surface area contributed by atoms with Crippen molar-refractivity contribution in [3.8, 4) is 0 Å². The van der Waals surface area contributed by atoms with Gasteiger partial charge in [0.15, 0.2) is 0 Å². The second kappa shape index (κ2) is 10.4. The van der Waals surface area contributed by atoms with Crippen LogP contribution in [0.4, 0.5) is 4.79 Å². The molecule has 0 saturated carbocycles. The van der Waals surface area contributed by atoms with E-state index in [1.165, 1.54) is 0 Å². The molecule has 0 aromatic heterocycles. The SMILES string of the molecule is CCCC(CCNC(=O)NCCS(C)(=O)=O)CCC(=O)O. The van der Waals surface area contributed by atoms with Gasteiger partial charge < -0.3 is 15.7 Å². The number of carboxylic acids is 1. The molecule has 0 heterocycles. The summed E-state index contributed by atoms with van der Waals surface area (Å²) in [5.74, 6) is -0.609. The van der Waals surface area contributed by atoms with Gasteiger partial charge in [0.05, 0.1) is 5.75 Å². The Labute approximate surface area is 126 Å². The van der Waals surface area contributed by atoms with Gasteiger partial charge in [-0.25, -0.2) is 13.2 Å². The van der Waals surface area contributed by atoms with Gasteiger partial charge in [-0.3, -0.25) is 4.79 Å². The Bertz CT molecular complexity index is 422. The molecule has 1 unspecified atom stereocenters. The highest BCUT2D eigenvalue weighted by atomic mass is 32.2. The van der Waals surface area contributed by atoms with Crippen molar-refractivity contribution in [1.82, 2.24) is 10.6 Å². The average molecular weight is 322 g/mol. The Balaban J connectivity index is 3.86. The molecule has 0 aliphatic heterocycles. The molecule has 0 aliphatic rings. The molecule has 0 radical (unpaired) electrons. The van der Waals surface area contributed by atoms with E-state index in [2.05, 4.69) is 10.6 Å². The number of hydrogen-bond acceptors (Lipinski definition) is 4. The molecule has 0 aliphatic carbocycles. The number of carbonyl (C=O) groups is 2. The first-order chi connectivity index (χ1) is 9.74. The number of carboxylic acid groups (broad SMARTS) is 1. The predicted octanol–water partition coefficient (Wildman–Crippen LogP) is 1.00. The number of rotatable bonds is 11. The van der Waals surface area contributed by atoms with Gasteiger partial charge in [-0.2, -0.15) is 0 Å². The fraction of sp³-hybridized carbons (Fsp3) is 0.846. The maximum atomic E-state index is 11.4. The van der Waals surface area contributed by atoms with Gasteiger partial charge in [0.2, 0.25) is 0 Å². The Morgan fingerprint density at radius 1 is 1.10 bits per heavy atom. The number of carbonyl (C=O) groups excluding carboxylic acids is 1. The molecular formula is C13H26N2O5S. The topological polar surface area (TPSA) is 113 Å². The van der Waals surface area contributed by atoms with Crippen LogP contribution in [0.2, 0.25) is 0 Å². The maximum absolute atomic E-state index is 11.4. The van der Waals surface area contributed by atoms with E-state index >= 15 is 0 Å². The number of amides is 2. The number of nitrogens with one attached hydrogen (secondary N) is 2. The molecule has 3 N–H and O–H groups in total. The Hall–Kier alpha value is -1.31. The Kier molecular flexibility index (Phi) is 9.77. The van der Waals surface area contributed by atoms with Crippen LogP contribution in [0.3, 0.4) is 0 Å². The molecule has 2 amide bonds. The molecule has 0 saturated heterocycles. The van der Waals surface area contributed by atoms with Gasteiger partial charge in [0.25, 0.3) is 0 Å². The molecule has 0 fully saturated rings.